The molecule has 2 unspecified atom stereocenters. The molecule has 1 saturated heterocycles. The van der Waals surface area contributed by atoms with Gasteiger partial charge in [-0.15, -0.1) is 0 Å². The van der Waals surface area contributed by atoms with Crippen LogP contribution in [0.5, 0.6) is 0 Å². The first-order chi connectivity index (χ1) is 13.6. The molecule has 1 saturated carbocycles. The van der Waals surface area contributed by atoms with Crippen LogP contribution in [0.3, 0.4) is 0 Å². The number of carboxylic acid groups (broad SMARTS) is 1. The van der Waals surface area contributed by atoms with Crippen molar-refractivity contribution in [2.75, 3.05) is 6.54 Å². The molecule has 5 heteroatoms. The molecule has 0 spiro atoms. The van der Waals surface area contributed by atoms with E-state index in [0.717, 1.165) is 64.2 Å². The zero-order chi connectivity index (χ0) is 19.9. The standard InChI is InChI=1S/C23H31NO4/c25-21(19-12-5-2-6-13-19)22(26)24-16-8-15-18(20(24)23(27)28)14-7-11-17-9-3-1-4-10-17/h1,3-4,9-10,18-20H,2,5-8,11-16H2,(H,27,28). The van der Waals surface area contributed by atoms with Crippen molar-refractivity contribution in [3.63, 3.8) is 0 Å². The summed E-state index contributed by atoms with van der Waals surface area (Å²) in [6.45, 7) is 0.378. The van der Waals surface area contributed by atoms with Crippen LogP contribution in [0.2, 0.25) is 0 Å². The molecule has 152 valence electrons. The predicted molar refractivity (Wildman–Crippen MR) is 107 cm³/mol. The second-order valence-electron chi connectivity index (χ2n) is 8.26. The summed E-state index contributed by atoms with van der Waals surface area (Å²) in [5.74, 6) is -2.20. The summed E-state index contributed by atoms with van der Waals surface area (Å²) in [6, 6.07) is 9.28. The number of hydrogen-bond acceptors (Lipinski definition) is 3. The van der Waals surface area contributed by atoms with Gasteiger partial charge in [-0.3, -0.25) is 9.59 Å². The number of piperidine rings is 1. The molecule has 1 N–H and O–H groups in total. The largest absolute Gasteiger partial charge is 0.480 e. The summed E-state index contributed by atoms with van der Waals surface area (Å²) in [5.41, 5.74) is 1.24. The number of amides is 1. The molecule has 0 aromatic heterocycles. The third-order valence-electron chi connectivity index (χ3n) is 6.34. The number of Topliss-reactive ketones (excluding diaryl/α,β-unsaturated/α-hetero) is 1. The van der Waals surface area contributed by atoms with Gasteiger partial charge in [0.05, 0.1) is 0 Å². The maximum Gasteiger partial charge on any atom is 0.326 e. The highest BCUT2D eigenvalue weighted by Gasteiger charge is 2.42. The molecule has 1 heterocycles. The molecular formula is C23H31NO4. The van der Waals surface area contributed by atoms with Gasteiger partial charge in [-0.1, -0.05) is 49.6 Å². The van der Waals surface area contributed by atoms with E-state index >= 15 is 0 Å². The second-order valence-corrected chi connectivity index (χ2v) is 8.26. The van der Waals surface area contributed by atoms with Crippen LogP contribution in [-0.4, -0.2) is 40.3 Å². The smallest absolute Gasteiger partial charge is 0.326 e. The van der Waals surface area contributed by atoms with E-state index in [-0.39, 0.29) is 17.6 Å². The first-order valence-electron chi connectivity index (χ1n) is 10.7. The van der Waals surface area contributed by atoms with Gasteiger partial charge < -0.3 is 10.0 Å². The Morgan fingerprint density at radius 2 is 1.68 bits per heavy atom. The van der Waals surface area contributed by atoms with Crippen LogP contribution in [0.15, 0.2) is 30.3 Å². The zero-order valence-electron chi connectivity index (χ0n) is 16.5. The normalized spacial score (nSPS) is 23.4. The lowest BCUT2D eigenvalue weighted by molar-refractivity contribution is -0.159. The topological polar surface area (TPSA) is 74.7 Å². The van der Waals surface area contributed by atoms with Crippen molar-refractivity contribution in [3.8, 4) is 0 Å². The number of carbonyl (C=O) groups excluding carboxylic acids is 2. The minimum absolute atomic E-state index is 0.0851. The Hall–Kier alpha value is -2.17. The van der Waals surface area contributed by atoms with Crippen LogP contribution in [0.1, 0.15) is 63.4 Å². The monoisotopic (exact) mass is 385 g/mol. The Kier molecular flexibility index (Phi) is 7.24. The fourth-order valence-corrected chi connectivity index (χ4v) is 4.83. The third kappa shape index (κ3) is 5.00. The molecule has 28 heavy (non-hydrogen) atoms. The van der Waals surface area contributed by atoms with Crippen LogP contribution in [0.25, 0.3) is 0 Å². The number of aryl methyl sites for hydroxylation is 1. The summed E-state index contributed by atoms with van der Waals surface area (Å²) < 4.78 is 0. The van der Waals surface area contributed by atoms with Crippen molar-refractivity contribution in [3.05, 3.63) is 35.9 Å². The number of hydrogen-bond donors (Lipinski definition) is 1. The Balaban J connectivity index is 1.63. The number of nitrogens with zero attached hydrogens (tertiary/aromatic N) is 1. The van der Waals surface area contributed by atoms with E-state index in [4.69, 9.17) is 0 Å². The zero-order valence-corrected chi connectivity index (χ0v) is 16.5. The summed E-state index contributed by atoms with van der Waals surface area (Å²) in [6.07, 6.45) is 8.71. The summed E-state index contributed by atoms with van der Waals surface area (Å²) >= 11 is 0. The number of ketones is 1. The molecule has 3 rings (SSSR count). The van der Waals surface area contributed by atoms with Crippen molar-refractivity contribution in [2.24, 2.45) is 11.8 Å². The molecule has 0 bridgehead atoms. The highest BCUT2D eigenvalue weighted by molar-refractivity contribution is 6.37. The average molecular weight is 386 g/mol. The van der Waals surface area contributed by atoms with Crippen molar-refractivity contribution < 1.29 is 19.5 Å². The van der Waals surface area contributed by atoms with Gasteiger partial charge in [0.2, 0.25) is 5.78 Å². The Bertz CT molecular complexity index is 681. The van der Waals surface area contributed by atoms with E-state index in [0.29, 0.717) is 6.54 Å². The number of benzene rings is 1. The number of aliphatic carboxylic acids is 1. The van der Waals surface area contributed by atoms with Crippen LogP contribution in [0, 0.1) is 11.8 Å². The lowest BCUT2D eigenvalue weighted by Crippen LogP contribution is -2.55. The van der Waals surface area contributed by atoms with Gasteiger partial charge in [-0.05, 0) is 56.4 Å². The SMILES string of the molecule is O=C(C(=O)N1CCCC(CCCc2ccccc2)C1C(=O)O)C1CCCCC1. The minimum Gasteiger partial charge on any atom is -0.480 e. The van der Waals surface area contributed by atoms with Gasteiger partial charge in [0.15, 0.2) is 0 Å². The Labute approximate surface area is 167 Å². The fourth-order valence-electron chi connectivity index (χ4n) is 4.83. The molecule has 0 radical (unpaired) electrons. The summed E-state index contributed by atoms with van der Waals surface area (Å²) in [4.78, 5) is 38.9. The Morgan fingerprint density at radius 1 is 0.964 bits per heavy atom. The van der Waals surface area contributed by atoms with Gasteiger partial charge in [-0.25, -0.2) is 4.79 Å². The number of rotatable bonds is 7. The van der Waals surface area contributed by atoms with Crippen LogP contribution < -0.4 is 0 Å². The van der Waals surface area contributed by atoms with Gasteiger partial charge >= 0.3 is 5.97 Å². The molecule has 1 aliphatic carbocycles. The van der Waals surface area contributed by atoms with Crippen LogP contribution in [0.4, 0.5) is 0 Å². The number of carboxylic acids is 1. The van der Waals surface area contributed by atoms with Gasteiger partial charge in [0.1, 0.15) is 6.04 Å². The summed E-state index contributed by atoms with van der Waals surface area (Å²) in [7, 11) is 0. The lowest BCUT2D eigenvalue weighted by atomic mass is 9.82. The van der Waals surface area contributed by atoms with Gasteiger partial charge in [0, 0.05) is 12.5 Å². The maximum absolute atomic E-state index is 12.9. The first-order valence-corrected chi connectivity index (χ1v) is 10.7. The van der Waals surface area contributed by atoms with Crippen LogP contribution in [-0.2, 0) is 20.8 Å². The van der Waals surface area contributed by atoms with E-state index in [1.807, 2.05) is 18.2 Å². The highest BCUT2D eigenvalue weighted by atomic mass is 16.4. The van der Waals surface area contributed by atoms with Crippen LogP contribution >= 0.6 is 0 Å². The molecule has 1 amide bonds. The highest BCUT2D eigenvalue weighted by Crippen LogP contribution is 2.31. The molecule has 2 fully saturated rings. The quantitative estimate of drug-likeness (QED) is 0.724. The Morgan fingerprint density at radius 3 is 2.36 bits per heavy atom. The van der Waals surface area contributed by atoms with Crippen molar-refractivity contribution in [2.45, 2.75) is 70.3 Å². The first kappa shape index (κ1) is 20.6. The fraction of sp³-hybridized carbons (Fsp3) is 0.609. The molecule has 2 atom stereocenters. The number of likely N-dealkylation sites (tertiary alicyclic amines) is 1. The molecule has 2 aliphatic rings. The predicted octanol–water partition coefficient (Wildman–Crippen LogP) is 3.85. The maximum atomic E-state index is 12.9. The molecule has 5 nitrogen and oxygen atoms in total. The van der Waals surface area contributed by atoms with E-state index < -0.39 is 17.9 Å². The van der Waals surface area contributed by atoms with E-state index in [1.54, 1.807) is 0 Å². The average Bonchev–Trinajstić information content (AvgIpc) is 2.73. The van der Waals surface area contributed by atoms with Gasteiger partial charge in [0.25, 0.3) is 5.91 Å². The van der Waals surface area contributed by atoms with E-state index in [1.165, 1.54) is 10.5 Å². The van der Waals surface area contributed by atoms with Crippen molar-refractivity contribution in [1.82, 2.24) is 4.90 Å². The molecule has 1 aromatic rings. The van der Waals surface area contributed by atoms with Crippen molar-refractivity contribution in [1.29, 1.82) is 0 Å². The number of carbonyl (C=O) groups is 3. The van der Waals surface area contributed by atoms with Gasteiger partial charge in [-0.2, -0.15) is 0 Å². The molecular weight excluding hydrogens is 354 g/mol. The van der Waals surface area contributed by atoms with E-state index in [2.05, 4.69) is 12.1 Å². The summed E-state index contributed by atoms with van der Waals surface area (Å²) in [5, 5.41) is 9.83. The van der Waals surface area contributed by atoms with E-state index in [9.17, 15) is 19.5 Å². The third-order valence-corrected chi connectivity index (χ3v) is 6.34. The molecule has 1 aliphatic heterocycles. The second kappa shape index (κ2) is 9.85. The molecule has 1 aromatic carbocycles. The lowest BCUT2D eigenvalue weighted by Gasteiger charge is -2.39. The minimum atomic E-state index is -0.978. The van der Waals surface area contributed by atoms with Crippen molar-refractivity contribution >= 4 is 17.7 Å².